The second kappa shape index (κ2) is 3.21. The predicted molar refractivity (Wildman–Crippen MR) is 58.7 cm³/mol. The van der Waals surface area contributed by atoms with Crippen LogP contribution in [0.25, 0.3) is 0 Å². The first kappa shape index (κ1) is 10.9. The lowest BCUT2D eigenvalue weighted by Crippen LogP contribution is -2.46. The highest BCUT2D eigenvalue weighted by Gasteiger charge is 2.60. The van der Waals surface area contributed by atoms with Gasteiger partial charge < -0.3 is 10.4 Å². The van der Waals surface area contributed by atoms with Crippen molar-refractivity contribution in [3.05, 3.63) is 0 Å². The second-order valence-electron chi connectivity index (χ2n) is 5.94. The van der Waals surface area contributed by atoms with Crippen LogP contribution in [0.2, 0.25) is 0 Å². The minimum atomic E-state index is -0.751. The van der Waals surface area contributed by atoms with Gasteiger partial charge in [0.2, 0.25) is 0 Å². The van der Waals surface area contributed by atoms with Crippen LogP contribution in [0.4, 0.5) is 0 Å². The van der Waals surface area contributed by atoms with Crippen molar-refractivity contribution >= 4 is 5.97 Å². The van der Waals surface area contributed by atoms with E-state index < -0.39 is 5.97 Å². The summed E-state index contributed by atoms with van der Waals surface area (Å²) in [7, 11) is 0. The van der Waals surface area contributed by atoms with Crippen LogP contribution in [0.5, 0.6) is 0 Å². The number of rotatable bonds is 3. The Morgan fingerprint density at radius 1 is 1.47 bits per heavy atom. The molecule has 2 fully saturated rings. The van der Waals surface area contributed by atoms with Crippen molar-refractivity contribution in [3.8, 4) is 0 Å². The summed E-state index contributed by atoms with van der Waals surface area (Å²) in [4.78, 5) is 10.6. The van der Waals surface area contributed by atoms with Gasteiger partial charge in [0.25, 0.3) is 0 Å². The summed E-state index contributed by atoms with van der Waals surface area (Å²) in [6.45, 7) is 7.10. The van der Waals surface area contributed by atoms with E-state index >= 15 is 0 Å². The molecule has 0 aromatic carbocycles. The first-order valence-corrected chi connectivity index (χ1v) is 5.83. The average molecular weight is 211 g/mol. The molecule has 0 spiro atoms. The van der Waals surface area contributed by atoms with E-state index in [1.807, 2.05) is 0 Å². The van der Waals surface area contributed by atoms with E-state index in [9.17, 15) is 4.79 Å². The number of carboxylic acids is 1. The number of fused-ring (bicyclic) bond motifs is 2. The Labute approximate surface area is 91.2 Å². The highest BCUT2D eigenvalue weighted by molar-refractivity contribution is 5.69. The maximum atomic E-state index is 10.6. The fraction of sp³-hybridized carbons (Fsp3) is 0.917. The number of carbonyl (C=O) groups is 1. The van der Waals surface area contributed by atoms with Crippen molar-refractivity contribution < 1.29 is 9.90 Å². The van der Waals surface area contributed by atoms with Crippen molar-refractivity contribution in [2.45, 2.75) is 46.1 Å². The smallest absolute Gasteiger partial charge is 0.317 e. The molecular weight excluding hydrogens is 190 g/mol. The van der Waals surface area contributed by atoms with Crippen LogP contribution in [0.15, 0.2) is 0 Å². The molecule has 2 aliphatic carbocycles. The van der Waals surface area contributed by atoms with E-state index in [1.54, 1.807) is 0 Å². The van der Waals surface area contributed by atoms with Gasteiger partial charge >= 0.3 is 5.97 Å². The van der Waals surface area contributed by atoms with Crippen molar-refractivity contribution in [2.24, 2.45) is 16.7 Å². The van der Waals surface area contributed by atoms with Gasteiger partial charge in [0.1, 0.15) is 0 Å². The lowest BCUT2D eigenvalue weighted by Gasteiger charge is -2.39. The van der Waals surface area contributed by atoms with E-state index in [1.165, 1.54) is 12.8 Å². The molecule has 3 nitrogen and oxygen atoms in total. The highest BCUT2D eigenvalue weighted by Crippen LogP contribution is 2.65. The molecular formula is C12H21NO2. The Balaban J connectivity index is 2.09. The topological polar surface area (TPSA) is 49.3 Å². The third-order valence-corrected chi connectivity index (χ3v) is 5.29. The molecule has 0 aromatic heterocycles. The molecule has 0 aliphatic heterocycles. The van der Waals surface area contributed by atoms with Crippen LogP contribution in [-0.2, 0) is 4.79 Å². The SMILES string of the molecule is CC1(C)C2CCC1(C)C(NCC(=O)O)C2. The molecule has 0 saturated heterocycles. The van der Waals surface area contributed by atoms with E-state index in [-0.39, 0.29) is 12.0 Å². The van der Waals surface area contributed by atoms with Gasteiger partial charge in [-0.1, -0.05) is 20.8 Å². The quantitative estimate of drug-likeness (QED) is 0.749. The maximum absolute atomic E-state index is 10.6. The molecule has 0 amide bonds. The van der Waals surface area contributed by atoms with Gasteiger partial charge in [-0.05, 0) is 36.0 Å². The van der Waals surface area contributed by atoms with Gasteiger partial charge in [-0.3, -0.25) is 4.79 Å². The molecule has 0 heterocycles. The molecule has 2 bridgehead atoms. The van der Waals surface area contributed by atoms with E-state index in [2.05, 4.69) is 26.1 Å². The third-order valence-electron chi connectivity index (χ3n) is 5.29. The van der Waals surface area contributed by atoms with Crippen molar-refractivity contribution in [2.75, 3.05) is 6.54 Å². The lowest BCUT2D eigenvalue weighted by atomic mass is 9.69. The standard InChI is InChI=1S/C12H21NO2/c1-11(2)8-4-5-12(11,3)9(6-8)13-7-10(14)15/h8-9,13H,4-7H2,1-3H3,(H,14,15). The third kappa shape index (κ3) is 1.40. The molecule has 0 aromatic rings. The molecule has 2 aliphatic rings. The van der Waals surface area contributed by atoms with Gasteiger partial charge in [0.05, 0.1) is 6.54 Å². The number of hydrogen-bond donors (Lipinski definition) is 2. The summed E-state index contributed by atoms with van der Waals surface area (Å²) in [5, 5.41) is 11.9. The van der Waals surface area contributed by atoms with Crippen molar-refractivity contribution in [1.82, 2.24) is 5.32 Å². The Hall–Kier alpha value is -0.570. The summed E-state index contributed by atoms with van der Waals surface area (Å²) in [5.41, 5.74) is 0.649. The summed E-state index contributed by atoms with van der Waals surface area (Å²) < 4.78 is 0. The van der Waals surface area contributed by atoms with Crippen LogP contribution in [0, 0.1) is 16.7 Å². The Morgan fingerprint density at radius 2 is 2.13 bits per heavy atom. The van der Waals surface area contributed by atoms with Gasteiger partial charge in [-0.25, -0.2) is 0 Å². The monoisotopic (exact) mass is 211 g/mol. The van der Waals surface area contributed by atoms with Crippen LogP contribution >= 0.6 is 0 Å². The summed E-state index contributed by atoms with van der Waals surface area (Å²) in [6, 6.07) is 0.391. The molecule has 3 heteroatoms. The fourth-order valence-electron chi connectivity index (χ4n) is 3.72. The number of aliphatic carboxylic acids is 1. The van der Waals surface area contributed by atoms with E-state index in [0.29, 0.717) is 11.5 Å². The van der Waals surface area contributed by atoms with Gasteiger partial charge in [0, 0.05) is 6.04 Å². The Morgan fingerprint density at radius 3 is 2.53 bits per heavy atom. The lowest BCUT2D eigenvalue weighted by molar-refractivity contribution is -0.136. The maximum Gasteiger partial charge on any atom is 0.317 e. The van der Waals surface area contributed by atoms with Crippen LogP contribution < -0.4 is 5.32 Å². The highest BCUT2D eigenvalue weighted by atomic mass is 16.4. The first-order chi connectivity index (χ1) is 6.88. The zero-order valence-electron chi connectivity index (χ0n) is 9.84. The molecule has 2 N–H and O–H groups in total. The predicted octanol–water partition coefficient (Wildman–Crippen LogP) is 1.88. The largest absolute Gasteiger partial charge is 0.480 e. The minimum absolute atomic E-state index is 0.100. The number of nitrogens with one attached hydrogen (secondary N) is 1. The molecule has 3 atom stereocenters. The van der Waals surface area contributed by atoms with Crippen molar-refractivity contribution in [3.63, 3.8) is 0 Å². The molecule has 2 saturated carbocycles. The summed E-state index contributed by atoms with van der Waals surface area (Å²) in [5.74, 6) is 0.0213. The van der Waals surface area contributed by atoms with Crippen LogP contribution in [0.1, 0.15) is 40.0 Å². The molecule has 15 heavy (non-hydrogen) atoms. The molecule has 2 rings (SSSR count). The zero-order chi connectivity index (χ0) is 11.3. The first-order valence-electron chi connectivity index (χ1n) is 5.83. The molecule has 3 unspecified atom stereocenters. The van der Waals surface area contributed by atoms with Crippen molar-refractivity contribution in [1.29, 1.82) is 0 Å². The fourth-order valence-corrected chi connectivity index (χ4v) is 3.72. The van der Waals surface area contributed by atoms with Crippen LogP contribution in [-0.4, -0.2) is 23.7 Å². The summed E-state index contributed by atoms with van der Waals surface area (Å²) in [6.07, 6.45) is 3.70. The molecule has 0 radical (unpaired) electrons. The minimum Gasteiger partial charge on any atom is -0.480 e. The number of carboxylic acid groups (broad SMARTS) is 1. The van der Waals surface area contributed by atoms with E-state index in [4.69, 9.17) is 5.11 Å². The average Bonchev–Trinajstić information content (AvgIpc) is 2.46. The van der Waals surface area contributed by atoms with E-state index in [0.717, 1.165) is 12.3 Å². The van der Waals surface area contributed by atoms with Crippen LogP contribution in [0.3, 0.4) is 0 Å². The second-order valence-corrected chi connectivity index (χ2v) is 5.94. The number of hydrogen-bond acceptors (Lipinski definition) is 2. The normalized spacial score (nSPS) is 42.1. The Bertz CT molecular complexity index is 287. The summed E-state index contributed by atoms with van der Waals surface area (Å²) >= 11 is 0. The van der Waals surface area contributed by atoms with Gasteiger partial charge in [0.15, 0.2) is 0 Å². The van der Waals surface area contributed by atoms with Gasteiger partial charge in [-0.2, -0.15) is 0 Å². The van der Waals surface area contributed by atoms with Gasteiger partial charge in [-0.15, -0.1) is 0 Å². The zero-order valence-corrected chi connectivity index (χ0v) is 9.84. The molecule has 86 valence electrons. The Kier molecular flexibility index (Phi) is 2.34.